The van der Waals surface area contributed by atoms with Gasteiger partial charge in [-0.3, -0.25) is 0 Å². The Bertz CT molecular complexity index is 697. The first-order chi connectivity index (χ1) is 11.5. The molecule has 0 saturated heterocycles. The number of carbonyl (C=O) groups is 2. The van der Waals surface area contributed by atoms with E-state index in [1.54, 1.807) is 0 Å². The second kappa shape index (κ2) is 10.5. The van der Waals surface area contributed by atoms with Crippen molar-refractivity contribution in [1.82, 2.24) is 0 Å². The first-order valence-electron chi connectivity index (χ1n) is 7.35. The molecule has 1 heterocycles. The van der Waals surface area contributed by atoms with Crippen LogP contribution < -0.4 is 0 Å². The molecule has 0 amide bonds. The minimum Gasteiger partial charge on any atom is -0.387 e. The molecule has 0 aliphatic carbocycles. The molecule has 0 fully saturated rings. The Balaban J connectivity index is 0.000000181. The maximum atomic E-state index is 9.92. The van der Waals surface area contributed by atoms with Crippen LogP contribution in [0.1, 0.15) is 18.1 Å². The topological polar surface area (TPSA) is 43.4 Å². The van der Waals surface area contributed by atoms with Crippen molar-refractivity contribution in [1.29, 1.82) is 0 Å². The van der Waals surface area contributed by atoms with Crippen LogP contribution in [0.2, 0.25) is 0 Å². The Hall–Kier alpha value is -3.20. The van der Waals surface area contributed by atoms with Gasteiger partial charge in [-0.15, -0.1) is 0 Å². The van der Waals surface area contributed by atoms with Gasteiger partial charge in [0.1, 0.15) is 0 Å². The van der Waals surface area contributed by atoms with E-state index in [1.165, 1.54) is 11.1 Å². The standard InChI is InChI=1S/C9H10.C8H8.C4H2O3/c1-8(2)9-6-4-3-5-7-9;1-2-8-6-4-3-5-7-8;5-3-1-2-4(6)7-3/h3-7H,1H2,2H3;2-7H,1H2;1-2H. The molecule has 24 heavy (non-hydrogen) atoms. The monoisotopic (exact) mass is 320 g/mol. The number of cyclic esters (lactones) is 2. The van der Waals surface area contributed by atoms with Gasteiger partial charge >= 0.3 is 11.9 Å². The summed E-state index contributed by atoms with van der Waals surface area (Å²) in [5, 5.41) is 0. The zero-order chi connectivity index (χ0) is 17.8. The van der Waals surface area contributed by atoms with Gasteiger partial charge in [-0.25, -0.2) is 9.59 Å². The molecule has 0 atom stereocenters. The number of ether oxygens (including phenoxy) is 1. The molecule has 1 aliphatic rings. The lowest BCUT2D eigenvalue weighted by molar-refractivity contribution is -0.150. The zero-order valence-electron chi connectivity index (χ0n) is 13.6. The number of esters is 2. The molecule has 3 heteroatoms. The van der Waals surface area contributed by atoms with Crippen molar-refractivity contribution in [3.8, 4) is 0 Å². The van der Waals surface area contributed by atoms with Crippen LogP contribution in [0.5, 0.6) is 0 Å². The fraction of sp³-hybridized carbons (Fsp3) is 0.0476. The van der Waals surface area contributed by atoms with Crippen LogP contribution in [-0.4, -0.2) is 11.9 Å². The molecule has 0 unspecified atom stereocenters. The summed E-state index contributed by atoms with van der Waals surface area (Å²) < 4.78 is 3.97. The lowest BCUT2D eigenvalue weighted by Gasteiger charge is -1.94. The van der Waals surface area contributed by atoms with Gasteiger partial charge in [0.05, 0.1) is 0 Å². The third kappa shape index (κ3) is 7.71. The number of carbonyl (C=O) groups excluding carboxylic acids is 2. The highest BCUT2D eigenvalue weighted by Gasteiger charge is 2.10. The highest BCUT2D eigenvalue weighted by Crippen LogP contribution is 2.08. The summed E-state index contributed by atoms with van der Waals surface area (Å²) in [6.45, 7) is 9.47. The highest BCUT2D eigenvalue weighted by atomic mass is 16.6. The molecule has 0 radical (unpaired) electrons. The van der Waals surface area contributed by atoms with Crippen molar-refractivity contribution in [3.05, 3.63) is 97.1 Å². The summed E-state index contributed by atoms with van der Waals surface area (Å²) in [4.78, 5) is 19.8. The average Bonchev–Trinajstić information content (AvgIpc) is 3.00. The summed E-state index contributed by atoms with van der Waals surface area (Å²) in [5.74, 6) is -1.16. The van der Waals surface area contributed by atoms with Crippen molar-refractivity contribution in [3.63, 3.8) is 0 Å². The number of benzene rings is 2. The van der Waals surface area contributed by atoms with E-state index < -0.39 is 11.9 Å². The second-order valence-corrected chi connectivity index (χ2v) is 4.83. The SMILES string of the molecule is C=C(C)c1ccccc1.C=Cc1ccccc1.O=C1C=CC(=O)O1. The Morgan fingerprint density at radius 2 is 1.33 bits per heavy atom. The van der Waals surface area contributed by atoms with Gasteiger partial charge in [-0.05, 0) is 18.1 Å². The van der Waals surface area contributed by atoms with E-state index in [1.807, 2.05) is 61.5 Å². The number of rotatable bonds is 2. The third-order valence-corrected chi connectivity index (χ3v) is 2.86. The summed E-state index contributed by atoms with van der Waals surface area (Å²) in [7, 11) is 0. The summed E-state index contributed by atoms with van der Waals surface area (Å²) >= 11 is 0. The molecule has 122 valence electrons. The predicted molar refractivity (Wildman–Crippen MR) is 97.9 cm³/mol. The maximum Gasteiger partial charge on any atom is 0.338 e. The molecule has 0 aromatic heterocycles. The molecule has 0 saturated carbocycles. The van der Waals surface area contributed by atoms with E-state index in [2.05, 4.69) is 30.0 Å². The Kier molecular flexibility index (Phi) is 8.26. The molecule has 2 aromatic carbocycles. The van der Waals surface area contributed by atoms with Crippen molar-refractivity contribution < 1.29 is 14.3 Å². The minimum absolute atomic E-state index is 0.579. The lowest BCUT2D eigenvalue weighted by atomic mass is 10.1. The number of hydrogen-bond donors (Lipinski definition) is 0. The number of hydrogen-bond acceptors (Lipinski definition) is 3. The molecule has 3 nitrogen and oxygen atoms in total. The first-order valence-corrected chi connectivity index (χ1v) is 7.35. The summed E-state index contributed by atoms with van der Waals surface area (Å²) in [6, 6.07) is 20.2. The van der Waals surface area contributed by atoms with Crippen LogP contribution in [0.3, 0.4) is 0 Å². The van der Waals surface area contributed by atoms with Gasteiger partial charge in [-0.2, -0.15) is 0 Å². The smallest absolute Gasteiger partial charge is 0.338 e. The normalized spacial score (nSPS) is 11.4. The lowest BCUT2D eigenvalue weighted by Crippen LogP contribution is -1.96. The Morgan fingerprint density at radius 1 is 0.875 bits per heavy atom. The number of allylic oxidation sites excluding steroid dienone is 1. The van der Waals surface area contributed by atoms with Crippen molar-refractivity contribution >= 4 is 23.6 Å². The van der Waals surface area contributed by atoms with Gasteiger partial charge < -0.3 is 4.74 Å². The van der Waals surface area contributed by atoms with E-state index >= 15 is 0 Å². The quantitative estimate of drug-likeness (QED) is 0.596. The van der Waals surface area contributed by atoms with Crippen LogP contribution in [0.25, 0.3) is 11.6 Å². The van der Waals surface area contributed by atoms with Crippen molar-refractivity contribution in [2.45, 2.75) is 6.92 Å². The van der Waals surface area contributed by atoms with E-state index in [4.69, 9.17) is 0 Å². The van der Waals surface area contributed by atoms with E-state index in [0.29, 0.717) is 0 Å². The summed E-state index contributed by atoms with van der Waals surface area (Å²) in [5.41, 5.74) is 3.51. The van der Waals surface area contributed by atoms with Crippen LogP contribution in [0, 0.1) is 0 Å². The van der Waals surface area contributed by atoms with Crippen LogP contribution in [0.4, 0.5) is 0 Å². The maximum absolute atomic E-state index is 9.92. The summed E-state index contributed by atoms with van der Waals surface area (Å²) in [6.07, 6.45) is 4.00. The first kappa shape index (κ1) is 18.8. The minimum atomic E-state index is -0.579. The van der Waals surface area contributed by atoms with Gasteiger partial charge in [-0.1, -0.05) is 85.5 Å². The third-order valence-electron chi connectivity index (χ3n) is 2.86. The molecule has 1 aliphatic heterocycles. The molecule has 0 N–H and O–H groups in total. The van der Waals surface area contributed by atoms with Gasteiger partial charge in [0.25, 0.3) is 0 Å². The van der Waals surface area contributed by atoms with Gasteiger partial charge in [0.15, 0.2) is 0 Å². The second-order valence-electron chi connectivity index (χ2n) is 4.83. The molecular formula is C21H20O3. The van der Waals surface area contributed by atoms with Crippen LogP contribution in [-0.2, 0) is 14.3 Å². The van der Waals surface area contributed by atoms with Crippen molar-refractivity contribution in [2.75, 3.05) is 0 Å². The van der Waals surface area contributed by atoms with Gasteiger partial charge in [0, 0.05) is 12.2 Å². The van der Waals surface area contributed by atoms with Crippen LogP contribution >= 0.6 is 0 Å². The Labute approximate surface area is 142 Å². The van der Waals surface area contributed by atoms with E-state index in [-0.39, 0.29) is 0 Å². The molecule has 2 aromatic rings. The largest absolute Gasteiger partial charge is 0.387 e. The zero-order valence-corrected chi connectivity index (χ0v) is 13.6. The fourth-order valence-corrected chi connectivity index (χ4v) is 1.62. The van der Waals surface area contributed by atoms with E-state index in [9.17, 15) is 9.59 Å². The van der Waals surface area contributed by atoms with Gasteiger partial charge in [0.2, 0.25) is 0 Å². The Morgan fingerprint density at radius 3 is 1.58 bits per heavy atom. The molecule has 0 bridgehead atoms. The van der Waals surface area contributed by atoms with E-state index in [0.717, 1.165) is 17.7 Å². The van der Waals surface area contributed by atoms with Crippen LogP contribution in [0.15, 0.2) is 86.0 Å². The molecule has 0 spiro atoms. The fourth-order valence-electron chi connectivity index (χ4n) is 1.62. The molecular weight excluding hydrogens is 300 g/mol. The molecule has 3 rings (SSSR count). The highest BCUT2D eigenvalue weighted by molar-refractivity contribution is 6.04. The average molecular weight is 320 g/mol. The van der Waals surface area contributed by atoms with Crippen molar-refractivity contribution in [2.24, 2.45) is 0 Å². The predicted octanol–water partition coefficient (Wildman–Crippen LogP) is 4.68.